The fourth-order valence-corrected chi connectivity index (χ4v) is 1.26. The quantitative estimate of drug-likeness (QED) is 0.863. The Hall–Kier alpha value is -0.810. The predicted octanol–water partition coefficient (Wildman–Crippen LogP) is 1.54. The van der Waals surface area contributed by atoms with E-state index >= 15 is 0 Å². The summed E-state index contributed by atoms with van der Waals surface area (Å²) in [6.45, 7) is 2.40. The van der Waals surface area contributed by atoms with E-state index in [1.807, 2.05) is 6.92 Å². The average Bonchev–Trinajstić information content (AvgIpc) is 2.60. The largest absolute Gasteiger partial charge is 0.380 e. The molecule has 0 aliphatic heterocycles. The molecular weight excluding hydrogens is 248 g/mol. The Kier molecular flexibility index (Phi) is 4.16. The van der Waals surface area contributed by atoms with Gasteiger partial charge in [0.25, 0.3) is 5.91 Å². The number of amides is 1. The zero-order valence-corrected chi connectivity index (χ0v) is 9.72. The van der Waals surface area contributed by atoms with Crippen molar-refractivity contribution >= 4 is 21.8 Å². The number of ether oxygens (including phenoxy) is 1. The van der Waals surface area contributed by atoms with Crippen LogP contribution >= 0.6 is 15.9 Å². The summed E-state index contributed by atoms with van der Waals surface area (Å²) < 4.78 is 5.87. The lowest BCUT2D eigenvalue weighted by atomic mass is 10.3. The minimum Gasteiger partial charge on any atom is -0.380 e. The van der Waals surface area contributed by atoms with Crippen LogP contribution in [0, 0.1) is 0 Å². The molecule has 14 heavy (non-hydrogen) atoms. The number of carbonyl (C=O) groups is 1. The Balaban J connectivity index is 2.43. The zero-order valence-electron chi connectivity index (χ0n) is 8.13. The van der Waals surface area contributed by atoms with Crippen LogP contribution in [0.2, 0.25) is 0 Å². The van der Waals surface area contributed by atoms with Crippen LogP contribution in [0.5, 0.6) is 0 Å². The maximum absolute atomic E-state index is 11.5. The smallest absolute Gasteiger partial charge is 0.267 e. The molecule has 1 aromatic rings. The first-order valence-corrected chi connectivity index (χ1v) is 5.07. The van der Waals surface area contributed by atoms with E-state index in [2.05, 4.69) is 26.2 Å². The van der Waals surface area contributed by atoms with Crippen molar-refractivity contribution in [3.05, 3.63) is 22.4 Å². The van der Waals surface area contributed by atoms with E-state index in [0.717, 1.165) is 4.47 Å². The van der Waals surface area contributed by atoms with Crippen LogP contribution in [-0.2, 0) is 4.74 Å². The van der Waals surface area contributed by atoms with Crippen molar-refractivity contribution in [2.75, 3.05) is 13.7 Å². The van der Waals surface area contributed by atoms with E-state index < -0.39 is 0 Å². The van der Waals surface area contributed by atoms with Crippen molar-refractivity contribution in [1.82, 2.24) is 10.3 Å². The molecule has 78 valence electrons. The Labute approximate surface area is 91.2 Å². The van der Waals surface area contributed by atoms with E-state index in [-0.39, 0.29) is 12.0 Å². The Bertz CT molecular complexity index is 312. The summed E-state index contributed by atoms with van der Waals surface area (Å²) in [5.74, 6) is -0.125. The zero-order chi connectivity index (χ0) is 10.6. The molecule has 0 spiro atoms. The van der Waals surface area contributed by atoms with Crippen LogP contribution in [0.4, 0.5) is 0 Å². The molecule has 0 aromatic carbocycles. The second-order valence-corrected chi connectivity index (χ2v) is 3.90. The Morgan fingerprint density at radius 1 is 1.79 bits per heavy atom. The van der Waals surface area contributed by atoms with E-state index in [4.69, 9.17) is 4.74 Å². The minimum atomic E-state index is -0.125. The summed E-state index contributed by atoms with van der Waals surface area (Å²) in [4.78, 5) is 14.3. The van der Waals surface area contributed by atoms with Gasteiger partial charge in [-0.1, -0.05) is 0 Å². The molecule has 1 atom stereocenters. The second-order valence-electron chi connectivity index (χ2n) is 2.99. The van der Waals surface area contributed by atoms with Gasteiger partial charge >= 0.3 is 0 Å². The molecule has 0 aliphatic rings. The van der Waals surface area contributed by atoms with Crippen LogP contribution in [-0.4, -0.2) is 30.6 Å². The molecule has 1 aromatic heterocycles. The van der Waals surface area contributed by atoms with E-state index in [1.165, 1.54) is 0 Å². The first-order chi connectivity index (χ1) is 6.63. The van der Waals surface area contributed by atoms with Gasteiger partial charge in [0.2, 0.25) is 0 Å². The van der Waals surface area contributed by atoms with Gasteiger partial charge in [-0.3, -0.25) is 4.79 Å². The molecule has 1 heterocycles. The van der Waals surface area contributed by atoms with Gasteiger partial charge in [-0.2, -0.15) is 0 Å². The highest BCUT2D eigenvalue weighted by molar-refractivity contribution is 9.10. The van der Waals surface area contributed by atoms with Crippen LogP contribution in [0.25, 0.3) is 0 Å². The van der Waals surface area contributed by atoms with Gasteiger partial charge < -0.3 is 15.0 Å². The number of hydrogen-bond acceptors (Lipinski definition) is 2. The molecule has 1 unspecified atom stereocenters. The molecule has 0 fully saturated rings. The molecular formula is C9H13BrN2O2. The maximum atomic E-state index is 11.5. The number of carbonyl (C=O) groups excluding carboxylic acids is 1. The topological polar surface area (TPSA) is 54.1 Å². The van der Waals surface area contributed by atoms with Crippen molar-refractivity contribution in [2.45, 2.75) is 13.0 Å². The monoisotopic (exact) mass is 260 g/mol. The fourth-order valence-electron chi connectivity index (χ4n) is 0.914. The van der Waals surface area contributed by atoms with Gasteiger partial charge in [0.15, 0.2) is 0 Å². The second kappa shape index (κ2) is 5.17. The molecule has 2 N–H and O–H groups in total. The highest BCUT2D eigenvalue weighted by Crippen LogP contribution is 2.10. The third kappa shape index (κ3) is 3.16. The summed E-state index contributed by atoms with van der Waals surface area (Å²) in [5, 5.41) is 2.75. The third-order valence-corrected chi connectivity index (χ3v) is 2.30. The standard InChI is InChI=1S/C9H13BrN2O2/c1-6(14-2)4-12-9(13)8-3-7(10)5-11-8/h3,5-6,11H,4H2,1-2H3,(H,12,13). The first-order valence-electron chi connectivity index (χ1n) is 4.28. The van der Waals surface area contributed by atoms with Crippen molar-refractivity contribution in [3.8, 4) is 0 Å². The fraction of sp³-hybridized carbons (Fsp3) is 0.444. The number of hydrogen-bond donors (Lipinski definition) is 2. The van der Waals surface area contributed by atoms with Crippen LogP contribution < -0.4 is 5.32 Å². The van der Waals surface area contributed by atoms with E-state index in [1.54, 1.807) is 19.4 Å². The maximum Gasteiger partial charge on any atom is 0.267 e. The van der Waals surface area contributed by atoms with Crippen LogP contribution in [0.1, 0.15) is 17.4 Å². The molecule has 1 rings (SSSR count). The minimum absolute atomic E-state index is 0.0253. The molecule has 1 amide bonds. The SMILES string of the molecule is COC(C)CNC(=O)c1cc(Br)c[nH]1. The summed E-state index contributed by atoms with van der Waals surface area (Å²) in [6.07, 6.45) is 1.74. The number of nitrogens with one attached hydrogen (secondary N) is 2. The average molecular weight is 261 g/mol. The lowest BCUT2D eigenvalue weighted by Gasteiger charge is -2.09. The molecule has 0 radical (unpaired) electrons. The van der Waals surface area contributed by atoms with Gasteiger partial charge in [-0.05, 0) is 28.9 Å². The van der Waals surface area contributed by atoms with Gasteiger partial charge in [0.1, 0.15) is 5.69 Å². The predicted molar refractivity (Wildman–Crippen MR) is 57.3 cm³/mol. The van der Waals surface area contributed by atoms with Crippen molar-refractivity contribution in [2.24, 2.45) is 0 Å². The highest BCUT2D eigenvalue weighted by atomic mass is 79.9. The van der Waals surface area contributed by atoms with Crippen molar-refractivity contribution in [1.29, 1.82) is 0 Å². The number of H-pyrrole nitrogens is 1. The van der Waals surface area contributed by atoms with E-state index in [0.29, 0.717) is 12.2 Å². The first kappa shape index (κ1) is 11.3. The molecule has 0 aliphatic carbocycles. The number of aromatic amines is 1. The number of halogens is 1. The summed E-state index contributed by atoms with van der Waals surface area (Å²) in [7, 11) is 1.61. The normalized spacial score (nSPS) is 12.5. The van der Waals surface area contributed by atoms with Crippen LogP contribution in [0.15, 0.2) is 16.7 Å². The highest BCUT2D eigenvalue weighted by Gasteiger charge is 2.08. The van der Waals surface area contributed by atoms with E-state index in [9.17, 15) is 4.79 Å². The van der Waals surface area contributed by atoms with Gasteiger partial charge in [0.05, 0.1) is 6.10 Å². The third-order valence-electron chi connectivity index (χ3n) is 1.84. The summed E-state index contributed by atoms with van der Waals surface area (Å²) in [6, 6.07) is 1.73. The number of aromatic nitrogens is 1. The molecule has 0 saturated carbocycles. The Morgan fingerprint density at radius 2 is 2.50 bits per heavy atom. The van der Waals surface area contributed by atoms with Crippen molar-refractivity contribution < 1.29 is 9.53 Å². The molecule has 5 heteroatoms. The lowest BCUT2D eigenvalue weighted by Crippen LogP contribution is -2.31. The van der Waals surface area contributed by atoms with Gasteiger partial charge in [0, 0.05) is 24.3 Å². The molecule has 0 saturated heterocycles. The summed E-state index contributed by atoms with van der Waals surface area (Å²) in [5.41, 5.74) is 0.542. The van der Waals surface area contributed by atoms with Crippen molar-refractivity contribution in [3.63, 3.8) is 0 Å². The van der Waals surface area contributed by atoms with Crippen LogP contribution in [0.3, 0.4) is 0 Å². The van der Waals surface area contributed by atoms with Gasteiger partial charge in [-0.25, -0.2) is 0 Å². The number of methoxy groups -OCH3 is 1. The molecule has 0 bridgehead atoms. The lowest BCUT2D eigenvalue weighted by molar-refractivity contribution is 0.0866. The summed E-state index contributed by atoms with van der Waals surface area (Å²) >= 11 is 3.26. The van der Waals surface area contributed by atoms with Gasteiger partial charge in [-0.15, -0.1) is 0 Å². The number of rotatable bonds is 4. The Morgan fingerprint density at radius 3 is 3.00 bits per heavy atom. The molecule has 4 nitrogen and oxygen atoms in total.